The number of allylic oxidation sites excluding steroid dienone is 1. The number of hydrogen-bond acceptors (Lipinski definition) is 1. The molecule has 0 aromatic carbocycles. The minimum atomic E-state index is 0.301. The number of rotatable bonds is 5. The van der Waals surface area contributed by atoms with Gasteiger partial charge in [-0.05, 0) is 38.2 Å². The molecule has 1 nitrogen and oxygen atoms in total. The van der Waals surface area contributed by atoms with E-state index in [1.807, 2.05) is 6.26 Å². The van der Waals surface area contributed by atoms with E-state index in [0.717, 1.165) is 6.42 Å². The van der Waals surface area contributed by atoms with Crippen LogP contribution in [-0.2, 0) is 4.74 Å². The largest absolute Gasteiger partial charge is 0.499 e. The molecule has 0 heterocycles. The van der Waals surface area contributed by atoms with Crippen LogP contribution in [0.2, 0.25) is 0 Å². The Morgan fingerprint density at radius 1 is 1.25 bits per heavy atom. The van der Waals surface area contributed by atoms with Crippen LogP contribution in [0, 0.1) is 5.92 Å². The van der Waals surface area contributed by atoms with Crippen LogP contribution >= 0.6 is 0 Å². The van der Waals surface area contributed by atoms with Gasteiger partial charge in [-0.2, -0.15) is 0 Å². The van der Waals surface area contributed by atoms with E-state index in [4.69, 9.17) is 4.74 Å². The number of hydrogen-bond donors (Lipinski definition) is 0. The summed E-state index contributed by atoms with van der Waals surface area (Å²) >= 11 is 0. The van der Waals surface area contributed by atoms with E-state index in [1.54, 1.807) is 0 Å². The Morgan fingerprint density at radius 3 is 2.17 bits per heavy atom. The zero-order valence-corrected chi connectivity index (χ0v) is 9.05. The lowest BCUT2D eigenvalue weighted by atomic mass is 9.98. The average molecular weight is 170 g/mol. The first-order valence-corrected chi connectivity index (χ1v) is 4.96. The van der Waals surface area contributed by atoms with E-state index in [2.05, 4.69) is 34.6 Å². The summed E-state index contributed by atoms with van der Waals surface area (Å²) in [5, 5.41) is 0. The zero-order chi connectivity index (χ0) is 9.56. The Labute approximate surface area is 76.8 Å². The lowest BCUT2D eigenvalue weighted by Gasteiger charge is -2.13. The fourth-order valence-electron chi connectivity index (χ4n) is 1.03. The predicted molar refractivity (Wildman–Crippen MR) is 54.1 cm³/mol. The summed E-state index contributed by atoms with van der Waals surface area (Å²) in [6.45, 7) is 10.8. The van der Waals surface area contributed by atoms with Gasteiger partial charge in [0.15, 0.2) is 0 Å². The Hall–Kier alpha value is -0.460. The highest BCUT2D eigenvalue weighted by Crippen LogP contribution is 2.17. The van der Waals surface area contributed by atoms with E-state index in [9.17, 15) is 0 Å². The molecule has 1 unspecified atom stereocenters. The van der Waals surface area contributed by atoms with Gasteiger partial charge in [0.25, 0.3) is 0 Å². The van der Waals surface area contributed by atoms with Crippen molar-refractivity contribution in [3.05, 3.63) is 11.8 Å². The van der Waals surface area contributed by atoms with E-state index in [0.29, 0.717) is 12.0 Å². The van der Waals surface area contributed by atoms with Gasteiger partial charge in [-0.1, -0.05) is 20.8 Å². The van der Waals surface area contributed by atoms with Crippen molar-refractivity contribution in [2.75, 3.05) is 0 Å². The van der Waals surface area contributed by atoms with Crippen molar-refractivity contribution in [3.8, 4) is 0 Å². The van der Waals surface area contributed by atoms with Crippen LogP contribution in [0.15, 0.2) is 11.8 Å². The molecule has 0 aliphatic heterocycles. The molecule has 1 heteroatoms. The molecule has 0 fully saturated rings. The molecule has 1 atom stereocenters. The second kappa shape index (κ2) is 6.10. The first-order chi connectivity index (χ1) is 5.61. The zero-order valence-electron chi connectivity index (χ0n) is 9.05. The molecule has 0 bridgehead atoms. The maximum Gasteiger partial charge on any atom is 0.0922 e. The molecule has 0 radical (unpaired) electrons. The lowest BCUT2D eigenvalue weighted by molar-refractivity contribution is 0.174. The molecule has 0 amide bonds. The van der Waals surface area contributed by atoms with Gasteiger partial charge in [-0.15, -0.1) is 0 Å². The van der Waals surface area contributed by atoms with E-state index in [1.165, 1.54) is 12.0 Å². The summed E-state index contributed by atoms with van der Waals surface area (Å²) in [6.07, 6.45) is 4.54. The Bertz CT molecular complexity index is 136. The molecule has 72 valence electrons. The van der Waals surface area contributed by atoms with Gasteiger partial charge in [0.2, 0.25) is 0 Å². The molecule has 0 saturated heterocycles. The summed E-state index contributed by atoms with van der Waals surface area (Å²) in [4.78, 5) is 0. The van der Waals surface area contributed by atoms with Gasteiger partial charge in [0.05, 0.1) is 12.4 Å². The SMILES string of the molecule is CCC(=COC(C)C)C(C)CC. The molecule has 0 saturated carbocycles. The normalized spacial score (nSPS) is 15.0. The fraction of sp³-hybridized carbons (Fsp3) is 0.818. The molecule has 0 aromatic rings. The summed E-state index contributed by atoms with van der Waals surface area (Å²) in [6, 6.07) is 0. The molecule has 0 aliphatic carbocycles. The van der Waals surface area contributed by atoms with Gasteiger partial charge in [-0.3, -0.25) is 0 Å². The van der Waals surface area contributed by atoms with Crippen LogP contribution in [0.25, 0.3) is 0 Å². The number of ether oxygens (including phenoxy) is 1. The highest BCUT2D eigenvalue weighted by atomic mass is 16.5. The maximum atomic E-state index is 5.46. The summed E-state index contributed by atoms with van der Waals surface area (Å²) in [5.74, 6) is 0.661. The van der Waals surface area contributed by atoms with Gasteiger partial charge in [-0.25, -0.2) is 0 Å². The monoisotopic (exact) mass is 170 g/mol. The first kappa shape index (κ1) is 11.5. The van der Waals surface area contributed by atoms with Crippen molar-refractivity contribution in [2.45, 2.75) is 53.6 Å². The summed E-state index contributed by atoms with van der Waals surface area (Å²) in [7, 11) is 0. The average Bonchev–Trinajstić information content (AvgIpc) is 2.04. The molecular formula is C11H22O. The molecular weight excluding hydrogens is 148 g/mol. The second-order valence-corrected chi connectivity index (χ2v) is 3.54. The van der Waals surface area contributed by atoms with Gasteiger partial charge in [0, 0.05) is 0 Å². The standard InChI is InChI=1S/C11H22O/c1-6-10(5)11(7-2)8-12-9(3)4/h8-10H,6-7H2,1-5H3. The molecule has 0 spiro atoms. The summed E-state index contributed by atoms with van der Waals surface area (Å²) < 4.78 is 5.46. The van der Waals surface area contributed by atoms with Crippen molar-refractivity contribution in [3.63, 3.8) is 0 Å². The van der Waals surface area contributed by atoms with Crippen molar-refractivity contribution >= 4 is 0 Å². The van der Waals surface area contributed by atoms with Gasteiger partial charge >= 0.3 is 0 Å². The minimum Gasteiger partial charge on any atom is -0.499 e. The topological polar surface area (TPSA) is 9.23 Å². The van der Waals surface area contributed by atoms with E-state index >= 15 is 0 Å². The van der Waals surface area contributed by atoms with Crippen molar-refractivity contribution in [2.24, 2.45) is 5.92 Å². The van der Waals surface area contributed by atoms with Crippen molar-refractivity contribution in [1.29, 1.82) is 0 Å². The van der Waals surface area contributed by atoms with Crippen LogP contribution < -0.4 is 0 Å². The highest BCUT2D eigenvalue weighted by molar-refractivity contribution is 5.01. The molecule has 0 aromatic heterocycles. The van der Waals surface area contributed by atoms with Gasteiger partial charge < -0.3 is 4.74 Å². The van der Waals surface area contributed by atoms with E-state index < -0.39 is 0 Å². The minimum absolute atomic E-state index is 0.301. The fourth-order valence-corrected chi connectivity index (χ4v) is 1.03. The van der Waals surface area contributed by atoms with Crippen molar-refractivity contribution in [1.82, 2.24) is 0 Å². The van der Waals surface area contributed by atoms with Crippen LogP contribution in [-0.4, -0.2) is 6.10 Å². The van der Waals surface area contributed by atoms with E-state index in [-0.39, 0.29) is 0 Å². The highest BCUT2D eigenvalue weighted by Gasteiger charge is 2.04. The smallest absolute Gasteiger partial charge is 0.0922 e. The van der Waals surface area contributed by atoms with Crippen LogP contribution in [0.1, 0.15) is 47.5 Å². The second-order valence-electron chi connectivity index (χ2n) is 3.54. The quantitative estimate of drug-likeness (QED) is 0.571. The Balaban J connectivity index is 4.03. The Kier molecular flexibility index (Phi) is 5.87. The van der Waals surface area contributed by atoms with Crippen LogP contribution in [0.4, 0.5) is 0 Å². The lowest BCUT2D eigenvalue weighted by Crippen LogP contribution is -2.01. The molecule has 0 aliphatic rings. The van der Waals surface area contributed by atoms with Crippen LogP contribution in [0.5, 0.6) is 0 Å². The predicted octanol–water partition coefficient (Wildman–Crippen LogP) is 3.75. The van der Waals surface area contributed by atoms with Crippen molar-refractivity contribution < 1.29 is 4.74 Å². The Morgan fingerprint density at radius 2 is 1.83 bits per heavy atom. The van der Waals surface area contributed by atoms with Gasteiger partial charge in [0.1, 0.15) is 0 Å². The third-order valence-electron chi connectivity index (χ3n) is 2.15. The first-order valence-electron chi connectivity index (χ1n) is 4.96. The molecule has 0 rings (SSSR count). The molecule has 0 N–H and O–H groups in total. The third-order valence-corrected chi connectivity index (χ3v) is 2.15. The van der Waals surface area contributed by atoms with Crippen LogP contribution in [0.3, 0.4) is 0 Å². The molecule has 12 heavy (non-hydrogen) atoms. The third kappa shape index (κ3) is 4.42. The summed E-state index contributed by atoms with van der Waals surface area (Å²) in [5.41, 5.74) is 1.42. The maximum absolute atomic E-state index is 5.46.